The van der Waals surface area contributed by atoms with Crippen LogP contribution in [0.4, 0.5) is 0 Å². The molecule has 14 heavy (non-hydrogen) atoms. The number of rotatable bonds is 5. The molecule has 0 saturated carbocycles. The van der Waals surface area contributed by atoms with Gasteiger partial charge in [0.25, 0.3) is 0 Å². The monoisotopic (exact) mass is 211 g/mol. The molecule has 1 N–H and O–H groups in total. The van der Waals surface area contributed by atoms with E-state index < -0.39 is 0 Å². The third kappa shape index (κ3) is 3.69. The first kappa shape index (κ1) is 11.5. The summed E-state index contributed by atoms with van der Waals surface area (Å²) in [4.78, 5) is 0. The van der Waals surface area contributed by atoms with Gasteiger partial charge in [0.1, 0.15) is 0 Å². The lowest BCUT2D eigenvalue weighted by Crippen LogP contribution is -2.19. The molecule has 0 amide bonds. The third-order valence-corrected chi connectivity index (χ3v) is 2.60. The summed E-state index contributed by atoms with van der Waals surface area (Å²) in [6.45, 7) is 5.47. The Morgan fingerprint density at radius 1 is 1.29 bits per heavy atom. The van der Waals surface area contributed by atoms with Crippen molar-refractivity contribution in [1.29, 1.82) is 0 Å². The lowest BCUT2D eigenvalue weighted by molar-refractivity contribution is 0.554. The van der Waals surface area contributed by atoms with Gasteiger partial charge in [-0.25, -0.2) is 0 Å². The summed E-state index contributed by atoms with van der Waals surface area (Å²) in [6, 6.07) is 8.45. The van der Waals surface area contributed by atoms with Crippen LogP contribution in [-0.4, -0.2) is 6.54 Å². The van der Waals surface area contributed by atoms with Crippen molar-refractivity contribution >= 4 is 11.6 Å². The van der Waals surface area contributed by atoms with Gasteiger partial charge in [-0.15, -0.1) is 0 Å². The third-order valence-electron chi connectivity index (χ3n) is 2.35. The predicted molar refractivity (Wildman–Crippen MR) is 62.8 cm³/mol. The number of nitrogens with one attached hydrogen (secondary N) is 1. The van der Waals surface area contributed by atoms with E-state index in [9.17, 15) is 0 Å². The molecule has 1 atom stereocenters. The number of halogens is 1. The molecule has 0 aliphatic carbocycles. The Balaban J connectivity index is 2.43. The molecule has 0 radical (unpaired) electrons. The summed E-state index contributed by atoms with van der Waals surface area (Å²) in [6.07, 6.45) is 2.47. The minimum absolute atomic E-state index is 0.416. The zero-order valence-electron chi connectivity index (χ0n) is 8.89. The molecule has 0 aliphatic heterocycles. The van der Waals surface area contributed by atoms with Gasteiger partial charge < -0.3 is 5.32 Å². The highest BCUT2D eigenvalue weighted by atomic mass is 35.5. The van der Waals surface area contributed by atoms with Gasteiger partial charge in [0.2, 0.25) is 0 Å². The number of hydrogen-bond donors (Lipinski definition) is 1. The van der Waals surface area contributed by atoms with Gasteiger partial charge >= 0.3 is 0 Å². The molecule has 0 aliphatic rings. The fraction of sp³-hybridized carbons (Fsp3) is 0.500. The van der Waals surface area contributed by atoms with Crippen LogP contribution in [0.5, 0.6) is 0 Å². The summed E-state index contributed by atoms with van der Waals surface area (Å²) >= 11 is 5.82. The Kier molecular flexibility index (Phi) is 4.99. The Labute approximate surface area is 91.5 Å². The van der Waals surface area contributed by atoms with E-state index in [1.165, 1.54) is 18.4 Å². The van der Waals surface area contributed by atoms with E-state index in [4.69, 9.17) is 11.6 Å². The first-order valence-corrected chi connectivity index (χ1v) is 5.60. The number of benzene rings is 1. The number of unbranched alkanes of at least 4 members (excludes halogenated alkanes) is 1. The molecule has 0 unspecified atom stereocenters. The van der Waals surface area contributed by atoms with Gasteiger partial charge in [0, 0.05) is 11.1 Å². The second kappa shape index (κ2) is 6.05. The fourth-order valence-electron chi connectivity index (χ4n) is 1.36. The minimum Gasteiger partial charge on any atom is -0.310 e. The van der Waals surface area contributed by atoms with Gasteiger partial charge in [0.05, 0.1) is 0 Å². The Bertz CT molecular complexity index is 256. The Morgan fingerprint density at radius 2 is 1.93 bits per heavy atom. The van der Waals surface area contributed by atoms with Crippen LogP contribution in [0.1, 0.15) is 38.3 Å². The maximum Gasteiger partial charge on any atom is 0.0406 e. The van der Waals surface area contributed by atoms with Crippen molar-refractivity contribution in [2.45, 2.75) is 32.7 Å². The largest absolute Gasteiger partial charge is 0.310 e. The minimum atomic E-state index is 0.416. The predicted octanol–water partition coefficient (Wildman–Crippen LogP) is 3.79. The smallest absolute Gasteiger partial charge is 0.0406 e. The van der Waals surface area contributed by atoms with Crippen molar-refractivity contribution in [3.8, 4) is 0 Å². The molecule has 0 bridgehead atoms. The molecule has 1 aromatic rings. The molecule has 0 aromatic heterocycles. The van der Waals surface area contributed by atoms with E-state index in [1.54, 1.807) is 0 Å². The first-order chi connectivity index (χ1) is 6.74. The van der Waals surface area contributed by atoms with Crippen LogP contribution in [0, 0.1) is 0 Å². The highest BCUT2D eigenvalue weighted by molar-refractivity contribution is 6.30. The van der Waals surface area contributed by atoms with Gasteiger partial charge in [-0.1, -0.05) is 37.1 Å². The second-order valence-corrected chi connectivity index (χ2v) is 4.02. The van der Waals surface area contributed by atoms with Crippen LogP contribution in [0.2, 0.25) is 5.02 Å². The average Bonchev–Trinajstić information content (AvgIpc) is 2.19. The molecule has 1 rings (SSSR count). The Hall–Kier alpha value is -0.530. The molecular weight excluding hydrogens is 194 g/mol. The standard InChI is InChI=1S/C12H18ClN/c1-3-4-9-14-10(2)11-5-7-12(13)8-6-11/h5-8,10,14H,3-4,9H2,1-2H3/t10-/m0/s1. The normalized spacial score (nSPS) is 12.8. The van der Waals surface area contributed by atoms with E-state index in [0.717, 1.165) is 11.6 Å². The summed E-state index contributed by atoms with van der Waals surface area (Å²) in [7, 11) is 0. The van der Waals surface area contributed by atoms with Gasteiger partial charge in [-0.05, 0) is 37.6 Å². The molecule has 2 heteroatoms. The zero-order chi connectivity index (χ0) is 10.4. The van der Waals surface area contributed by atoms with E-state index in [0.29, 0.717) is 6.04 Å². The fourth-order valence-corrected chi connectivity index (χ4v) is 1.49. The maximum atomic E-state index is 5.82. The van der Waals surface area contributed by atoms with Gasteiger partial charge in [-0.2, -0.15) is 0 Å². The van der Waals surface area contributed by atoms with Crippen LogP contribution < -0.4 is 5.32 Å². The quantitative estimate of drug-likeness (QED) is 0.731. The molecule has 1 nitrogen and oxygen atoms in total. The van der Waals surface area contributed by atoms with Crippen molar-refractivity contribution in [2.75, 3.05) is 6.54 Å². The topological polar surface area (TPSA) is 12.0 Å². The molecule has 0 heterocycles. The van der Waals surface area contributed by atoms with Gasteiger partial charge in [0.15, 0.2) is 0 Å². The highest BCUT2D eigenvalue weighted by Crippen LogP contribution is 2.15. The zero-order valence-corrected chi connectivity index (χ0v) is 9.64. The van der Waals surface area contributed by atoms with Crippen LogP contribution >= 0.6 is 11.6 Å². The molecule has 0 fully saturated rings. The average molecular weight is 212 g/mol. The van der Waals surface area contributed by atoms with Crippen molar-refractivity contribution < 1.29 is 0 Å². The Morgan fingerprint density at radius 3 is 2.50 bits per heavy atom. The van der Waals surface area contributed by atoms with E-state index in [-0.39, 0.29) is 0 Å². The van der Waals surface area contributed by atoms with Crippen LogP contribution in [0.3, 0.4) is 0 Å². The van der Waals surface area contributed by atoms with Crippen molar-refractivity contribution in [2.24, 2.45) is 0 Å². The van der Waals surface area contributed by atoms with Crippen molar-refractivity contribution in [3.05, 3.63) is 34.9 Å². The lowest BCUT2D eigenvalue weighted by atomic mass is 10.1. The maximum absolute atomic E-state index is 5.82. The van der Waals surface area contributed by atoms with Crippen LogP contribution in [0.25, 0.3) is 0 Å². The molecule has 0 spiro atoms. The summed E-state index contributed by atoms with van der Waals surface area (Å²) < 4.78 is 0. The summed E-state index contributed by atoms with van der Waals surface area (Å²) in [5, 5.41) is 4.28. The van der Waals surface area contributed by atoms with Crippen molar-refractivity contribution in [3.63, 3.8) is 0 Å². The van der Waals surface area contributed by atoms with E-state index >= 15 is 0 Å². The summed E-state index contributed by atoms with van der Waals surface area (Å²) in [5.74, 6) is 0. The van der Waals surface area contributed by atoms with Crippen molar-refractivity contribution in [1.82, 2.24) is 5.32 Å². The second-order valence-electron chi connectivity index (χ2n) is 3.58. The van der Waals surface area contributed by atoms with Crippen LogP contribution in [0.15, 0.2) is 24.3 Å². The molecular formula is C12H18ClN. The molecule has 0 saturated heterocycles. The molecule has 78 valence electrons. The highest BCUT2D eigenvalue weighted by Gasteiger charge is 2.02. The molecule has 1 aromatic carbocycles. The van der Waals surface area contributed by atoms with Gasteiger partial charge in [-0.3, -0.25) is 0 Å². The van der Waals surface area contributed by atoms with E-state index in [2.05, 4.69) is 31.3 Å². The first-order valence-electron chi connectivity index (χ1n) is 5.23. The van der Waals surface area contributed by atoms with Crippen LogP contribution in [-0.2, 0) is 0 Å². The lowest BCUT2D eigenvalue weighted by Gasteiger charge is -2.13. The van der Waals surface area contributed by atoms with E-state index in [1.807, 2.05) is 12.1 Å². The number of hydrogen-bond acceptors (Lipinski definition) is 1. The SMILES string of the molecule is CCCCN[C@@H](C)c1ccc(Cl)cc1. The summed E-state index contributed by atoms with van der Waals surface area (Å²) in [5.41, 5.74) is 1.30.